The van der Waals surface area contributed by atoms with Crippen LogP contribution in [0.5, 0.6) is 5.75 Å². The second-order valence-corrected chi connectivity index (χ2v) is 8.94. The van der Waals surface area contributed by atoms with E-state index in [2.05, 4.69) is 10.1 Å². The number of pyridine rings is 1. The highest BCUT2D eigenvalue weighted by Crippen LogP contribution is 2.43. The molecule has 0 fully saturated rings. The Morgan fingerprint density at radius 2 is 2.03 bits per heavy atom. The quantitative estimate of drug-likeness (QED) is 0.572. The van der Waals surface area contributed by atoms with Crippen LogP contribution in [0.3, 0.4) is 0 Å². The van der Waals surface area contributed by atoms with Crippen molar-refractivity contribution in [2.24, 2.45) is 12.8 Å². The number of fused-ring (bicyclic) bond motifs is 1. The van der Waals surface area contributed by atoms with E-state index < -0.39 is 11.1 Å². The molecule has 0 bridgehead atoms. The molecule has 168 valence electrons. The van der Waals surface area contributed by atoms with Gasteiger partial charge in [-0.05, 0) is 63.6 Å². The lowest BCUT2D eigenvalue weighted by Gasteiger charge is -2.25. The van der Waals surface area contributed by atoms with Crippen molar-refractivity contribution in [1.82, 2.24) is 14.8 Å². The number of aromatic nitrogens is 3. The van der Waals surface area contributed by atoms with Gasteiger partial charge in [0.15, 0.2) is 11.5 Å². The number of Topliss-reactive ketones (excluding diaryl/α,β-unsaturated/α-hetero) is 1. The smallest absolute Gasteiger partial charge is 0.180 e. The molecule has 0 saturated carbocycles. The van der Waals surface area contributed by atoms with Gasteiger partial charge in [0.05, 0.1) is 16.9 Å². The fraction of sp³-hybridized carbons (Fsp3) is 0.375. The summed E-state index contributed by atoms with van der Waals surface area (Å²) >= 11 is 0. The molecule has 1 aliphatic rings. The van der Waals surface area contributed by atoms with Gasteiger partial charge in [-0.1, -0.05) is 0 Å². The van der Waals surface area contributed by atoms with Gasteiger partial charge in [0.2, 0.25) is 0 Å². The molecule has 1 aromatic carbocycles. The maximum absolute atomic E-state index is 13.5. The number of aliphatic hydroxyl groups is 1. The van der Waals surface area contributed by atoms with Gasteiger partial charge < -0.3 is 15.6 Å². The summed E-state index contributed by atoms with van der Waals surface area (Å²) in [7, 11) is 1.72. The first-order chi connectivity index (χ1) is 15.0. The van der Waals surface area contributed by atoms with Crippen LogP contribution in [0.25, 0.3) is 11.3 Å². The van der Waals surface area contributed by atoms with Crippen molar-refractivity contribution in [3.63, 3.8) is 0 Å². The van der Waals surface area contributed by atoms with Crippen LogP contribution in [0.4, 0.5) is 4.39 Å². The van der Waals surface area contributed by atoms with Crippen molar-refractivity contribution >= 4 is 5.78 Å². The number of benzene rings is 1. The van der Waals surface area contributed by atoms with Crippen LogP contribution in [0.1, 0.15) is 54.1 Å². The number of carbonyl (C=O) groups is 1. The van der Waals surface area contributed by atoms with Gasteiger partial charge >= 0.3 is 0 Å². The highest BCUT2D eigenvalue weighted by Gasteiger charge is 2.38. The molecule has 32 heavy (non-hydrogen) atoms. The van der Waals surface area contributed by atoms with E-state index in [1.165, 1.54) is 12.1 Å². The molecule has 0 spiro atoms. The van der Waals surface area contributed by atoms with Crippen molar-refractivity contribution in [2.45, 2.75) is 44.8 Å². The number of halogens is 1. The van der Waals surface area contributed by atoms with Crippen LogP contribution in [0.2, 0.25) is 0 Å². The zero-order chi connectivity index (χ0) is 23.3. The third kappa shape index (κ3) is 4.03. The van der Waals surface area contributed by atoms with Crippen LogP contribution < -0.4 is 10.5 Å². The van der Waals surface area contributed by atoms with Crippen molar-refractivity contribution in [2.75, 3.05) is 6.61 Å². The summed E-state index contributed by atoms with van der Waals surface area (Å²) in [6, 6.07) is 9.39. The van der Waals surface area contributed by atoms with Gasteiger partial charge in [-0.2, -0.15) is 5.10 Å². The highest BCUT2D eigenvalue weighted by molar-refractivity contribution is 5.94. The third-order valence-corrected chi connectivity index (χ3v) is 5.90. The largest absolute Gasteiger partial charge is 0.489 e. The fourth-order valence-corrected chi connectivity index (χ4v) is 3.97. The Balaban J connectivity index is 1.69. The molecule has 8 heteroatoms. The number of nitrogens with zero attached hydrogens (tertiary/aromatic N) is 3. The molecule has 0 radical (unpaired) electrons. The topological polar surface area (TPSA) is 103 Å². The van der Waals surface area contributed by atoms with E-state index in [1.807, 2.05) is 13.8 Å². The predicted molar refractivity (Wildman–Crippen MR) is 118 cm³/mol. The maximum atomic E-state index is 13.5. The van der Waals surface area contributed by atoms with Crippen molar-refractivity contribution in [1.29, 1.82) is 0 Å². The van der Waals surface area contributed by atoms with Gasteiger partial charge in [-0.25, -0.2) is 9.37 Å². The number of aryl methyl sites for hydroxylation is 2. The molecule has 3 heterocycles. The number of rotatable bonds is 6. The SMILES string of the molecule is Cc1cc(C(=O)CCC(C)(O)c2cc3c(c(-c4ccc(F)cc4)n2)OCC3(C)N)n(C)n1. The van der Waals surface area contributed by atoms with E-state index in [9.17, 15) is 14.3 Å². The van der Waals surface area contributed by atoms with E-state index in [4.69, 9.17) is 10.5 Å². The summed E-state index contributed by atoms with van der Waals surface area (Å²) in [4.78, 5) is 17.4. The molecule has 0 saturated heterocycles. The predicted octanol–water partition coefficient (Wildman–Crippen LogP) is 3.37. The number of hydrogen-bond donors (Lipinski definition) is 2. The van der Waals surface area contributed by atoms with Crippen LogP contribution >= 0.6 is 0 Å². The first kappa shape index (κ1) is 22.1. The number of ether oxygens (including phenoxy) is 1. The molecule has 4 rings (SSSR count). The van der Waals surface area contributed by atoms with E-state index in [1.54, 1.807) is 42.9 Å². The first-order valence-electron chi connectivity index (χ1n) is 10.5. The molecule has 2 aromatic heterocycles. The molecule has 3 N–H and O–H groups in total. The standard InChI is InChI=1S/C24H27FN4O3/c1-14-11-18(29(4)28-14)19(30)9-10-24(3,31)20-12-17-22(32-13-23(17,2)26)21(27-20)15-5-7-16(25)8-6-15/h5-8,11-12,31H,9-10,13,26H2,1-4H3. The maximum Gasteiger partial charge on any atom is 0.180 e. The second kappa shape index (κ2) is 7.79. The van der Waals surface area contributed by atoms with E-state index in [0.717, 1.165) is 11.3 Å². The van der Waals surface area contributed by atoms with Gasteiger partial charge in [0.1, 0.15) is 29.4 Å². The zero-order valence-electron chi connectivity index (χ0n) is 18.6. The molecule has 2 unspecified atom stereocenters. The van der Waals surface area contributed by atoms with Crippen LogP contribution in [-0.2, 0) is 18.2 Å². The number of hydrogen-bond acceptors (Lipinski definition) is 6. The van der Waals surface area contributed by atoms with E-state index in [-0.39, 0.29) is 31.0 Å². The number of carbonyl (C=O) groups excluding carboxylic acids is 1. The Bertz CT molecular complexity index is 1180. The third-order valence-electron chi connectivity index (χ3n) is 5.90. The minimum atomic E-state index is -1.40. The van der Waals surface area contributed by atoms with Crippen molar-refractivity contribution in [3.05, 3.63) is 64.9 Å². The average Bonchev–Trinajstić information content (AvgIpc) is 3.24. The van der Waals surface area contributed by atoms with Crippen LogP contribution in [-0.4, -0.2) is 32.3 Å². The molecular weight excluding hydrogens is 411 g/mol. The monoisotopic (exact) mass is 438 g/mol. The first-order valence-corrected chi connectivity index (χ1v) is 10.5. The Morgan fingerprint density at radius 3 is 2.66 bits per heavy atom. The summed E-state index contributed by atoms with van der Waals surface area (Å²) < 4.78 is 20.9. The van der Waals surface area contributed by atoms with Crippen molar-refractivity contribution in [3.8, 4) is 17.0 Å². The number of ketones is 1. The van der Waals surface area contributed by atoms with Gasteiger partial charge in [0.25, 0.3) is 0 Å². The molecule has 0 aliphatic carbocycles. The molecule has 7 nitrogen and oxygen atoms in total. The molecular formula is C24H27FN4O3. The summed E-state index contributed by atoms with van der Waals surface area (Å²) in [5.74, 6) is 0.0601. The minimum Gasteiger partial charge on any atom is -0.489 e. The van der Waals surface area contributed by atoms with Gasteiger partial charge in [-0.15, -0.1) is 0 Å². The summed E-state index contributed by atoms with van der Waals surface area (Å²) in [5.41, 5.74) is 7.76. The lowest BCUT2D eigenvalue weighted by atomic mass is 9.88. The van der Waals surface area contributed by atoms with E-state index >= 15 is 0 Å². The minimum absolute atomic E-state index is 0.111. The molecule has 0 amide bonds. The summed E-state index contributed by atoms with van der Waals surface area (Å²) in [5, 5.41) is 15.5. The molecule has 1 aliphatic heterocycles. The lowest BCUT2D eigenvalue weighted by Crippen LogP contribution is -2.35. The number of nitrogens with two attached hydrogens (primary N) is 1. The van der Waals surface area contributed by atoms with E-state index in [0.29, 0.717) is 28.4 Å². The summed E-state index contributed by atoms with van der Waals surface area (Å²) in [6.07, 6.45) is 0.278. The van der Waals surface area contributed by atoms with Gasteiger partial charge in [-0.3, -0.25) is 9.48 Å². The van der Waals surface area contributed by atoms with Crippen LogP contribution in [0.15, 0.2) is 36.4 Å². The van der Waals surface area contributed by atoms with Crippen molar-refractivity contribution < 1.29 is 19.0 Å². The Kier molecular flexibility index (Phi) is 5.38. The average molecular weight is 439 g/mol. The Labute approximate surface area is 186 Å². The molecule has 2 atom stereocenters. The second-order valence-electron chi connectivity index (χ2n) is 8.94. The Hall–Kier alpha value is -3.10. The lowest BCUT2D eigenvalue weighted by molar-refractivity contribution is 0.0395. The fourth-order valence-electron chi connectivity index (χ4n) is 3.97. The highest BCUT2D eigenvalue weighted by atomic mass is 19.1. The van der Waals surface area contributed by atoms with Crippen LogP contribution in [0, 0.1) is 12.7 Å². The normalized spacial score (nSPS) is 19.3. The Morgan fingerprint density at radius 1 is 1.34 bits per heavy atom. The summed E-state index contributed by atoms with van der Waals surface area (Å²) in [6.45, 7) is 5.56. The molecule has 3 aromatic rings. The van der Waals surface area contributed by atoms with Gasteiger partial charge in [0, 0.05) is 24.6 Å². The zero-order valence-corrected chi connectivity index (χ0v) is 18.6.